The van der Waals surface area contributed by atoms with Crippen LogP contribution in [0.5, 0.6) is 0 Å². The molecule has 0 saturated heterocycles. The number of carbonyl (C=O) groups is 3. The largest absolute Gasteiger partial charge is 0.503 e. The molecule has 1 aliphatic rings. The van der Waals surface area contributed by atoms with Crippen molar-refractivity contribution in [1.29, 1.82) is 0 Å². The van der Waals surface area contributed by atoms with Gasteiger partial charge in [-0.15, -0.1) is 0 Å². The maximum Gasteiger partial charge on any atom is 0.337 e. The molecule has 0 saturated carbocycles. The van der Waals surface area contributed by atoms with Crippen LogP contribution in [-0.2, 0) is 9.53 Å². The molecule has 122 valence electrons. The van der Waals surface area contributed by atoms with E-state index < -0.39 is 29.5 Å². The average Bonchev–Trinajstić information content (AvgIpc) is 3.23. The molecule has 1 amide bonds. The lowest BCUT2D eigenvalue weighted by molar-refractivity contribution is -0.119. The minimum Gasteiger partial charge on any atom is -0.503 e. The molecule has 1 aliphatic heterocycles. The van der Waals surface area contributed by atoms with E-state index >= 15 is 0 Å². The highest BCUT2D eigenvalue weighted by Gasteiger charge is 2.38. The topological polar surface area (TPSA) is 106 Å². The Hall–Kier alpha value is -3.35. The van der Waals surface area contributed by atoms with Crippen molar-refractivity contribution in [2.24, 2.45) is 0 Å². The molecule has 2 heterocycles. The third-order valence-electron chi connectivity index (χ3n) is 3.69. The monoisotopic (exact) mass is 327 g/mol. The first-order valence-electron chi connectivity index (χ1n) is 7.03. The number of rotatable bonds is 4. The number of benzene rings is 1. The van der Waals surface area contributed by atoms with E-state index in [2.05, 4.69) is 10.1 Å². The van der Waals surface area contributed by atoms with Crippen molar-refractivity contribution >= 4 is 17.7 Å². The van der Waals surface area contributed by atoms with Crippen LogP contribution in [0, 0.1) is 0 Å². The average molecular weight is 327 g/mol. The Morgan fingerprint density at radius 2 is 1.92 bits per heavy atom. The van der Waals surface area contributed by atoms with Gasteiger partial charge in [0, 0.05) is 0 Å². The molecule has 3 rings (SSSR count). The SMILES string of the molecule is COC(=O)c1ccc(C2NC(=O)C(O)=C2C(=O)c2ccco2)cc1. The van der Waals surface area contributed by atoms with Crippen LogP contribution in [0.3, 0.4) is 0 Å². The van der Waals surface area contributed by atoms with Crippen LogP contribution in [-0.4, -0.2) is 29.9 Å². The number of hydrogen-bond acceptors (Lipinski definition) is 6. The summed E-state index contributed by atoms with van der Waals surface area (Å²) >= 11 is 0. The summed E-state index contributed by atoms with van der Waals surface area (Å²) in [6, 6.07) is 8.32. The number of aliphatic hydroxyl groups is 1. The normalized spacial score (nSPS) is 16.9. The summed E-state index contributed by atoms with van der Waals surface area (Å²) in [4.78, 5) is 35.7. The summed E-state index contributed by atoms with van der Waals surface area (Å²) in [7, 11) is 1.27. The predicted octanol–water partition coefficient (Wildman–Crippen LogP) is 1.93. The molecule has 0 bridgehead atoms. The summed E-state index contributed by atoms with van der Waals surface area (Å²) in [6.07, 6.45) is 1.33. The van der Waals surface area contributed by atoms with E-state index in [1.54, 1.807) is 12.1 Å². The van der Waals surface area contributed by atoms with E-state index in [1.165, 1.54) is 37.6 Å². The zero-order valence-corrected chi connectivity index (χ0v) is 12.6. The van der Waals surface area contributed by atoms with Crippen LogP contribution >= 0.6 is 0 Å². The number of Topliss-reactive ketones (excluding diaryl/α,β-unsaturated/α-hetero) is 1. The molecule has 0 radical (unpaired) electrons. The van der Waals surface area contributed by atoms with E-state index in [4.69, 9.17) is 4.42 Å². The van der Waals surface area contributed by atoms with Crippen molar-refractivity contribution in [2.75, 3.05) is 7.11 Å². The fourth-order valence-corrected chi connectivity index (χ4v) is 2.49. The van der Waals surface area contributed by atoms with Crippen LogP contribution in [0.15, 0.2) is 58.4 Å². The highest BCUT2D eigenvalue weighted by molar-refractivity contribution is 6.15. The zero-order chi connectivity index (χ0) is 17.3. The minimum atomic E-state index is -0.832. The Morgan fingerprint density at radius 1 is 1.21 bits per heavy atom. The van der Waals surface area contributed by atoms with Gasteiger partial charge in [0.25, 0.3) is 5.91 Å². The Morgan fingerprint density at radius 3 is 2.50 bits per heavy atom. The quantitative estimate of drug-likeness (QED) is 0.656. The Balaban J connectivity index is 1.96. The van der Waals surface area contributed by atoms with Crippen molar-refractivity contribution in [3.8, 4) is 0 Å². The van der Waals surface area contributed by atoms with Gasteiger partial charge in [-0.2, -0.15) is 0 Å². The summed E-state index contributed by atoms with van der Waals surface area (Å²) in [5.41, 5.74) is 0.772. The third kappa shape index (κ3) is 2.56. The summed E-state index contributed by atoms with van der Waals surface area (Å²) in [6.45, 7) is 0. The molecule has 2 N–H and O–H groups in total. The second-order valence-corrected chi connectivity index (χ2v) is 5.09. The fraction of sp³-hybridized carbons (Fsp3) is 0.118. The molecule has 7 heteroatoms. The first-order chi connectivity index (χ1) is 11.5. The van der Waals surface area contributed by atoms with Crippen LogP contribution in [0.4, 0.5) is 0 Å². The number of hydrogen-bond donors (Lipinski definition) is 2. The van der Waals surface area contributed by atoms with Crippen molar-refractivity contribution in [2.45, 2.75) is 6.04 Å². The smallest absolute Gasteiger partial charge is 0.337 e. The molecule has 24 heavy (non-hydrogen) atoms. The Kier molecular flexibility index (Phi) is 3.91. The first-order valence-corrected chi connectivity index (χ1v) is 7.03. The Labute approximate surface area is 136 Å². The van der Waals surface area contributed by atoms with E-state index in [0.29, 0.717) is 11.1 Å². The van der Waals surface area contributed by atoms with Gasteiger partial charge in [-0.1, -0.05) is 12.1 Å². The van der Waals surface area contributed by atoms with Crippen molar-refractivity contribution < 1.29 is 28.6 Å². The molecule has 0 aliphatic carbocycles. The number of ketones is 1. The van der Waals surface area contributed by atoms with E-state index in [9.17, 15) is 19.5 Å². The van der Waals surface area contributed by atoms with Gasteiger partial charge in [0.2, 0.25) is 5.78 Å². The molecule has 1 aromatic carbocycles. The van der Waals surface area contributed by atoms with Crippen LogP contribution in [0.1, 0.15) is 32.5 Å². The third-order valence-corrected chi connectivity index (χ3v) is 3.69. The molecule has 1 atom stereocenters. The molecular formula is C17H13NO6. The number of carbonyl (C=O) groups excluding carboxylic acids is 3. The van der Waals surface area contributed by atoms with E-state index in [0.717, 1.165) is 0 Å². The van der Waals surface area contributed by atoms with Gasteiger partial charge >= 0.3 is 5.97 Å². The van der Waals surface area contributed by atoms with Crippen molar-refractivity contribution in [1.82, 2.24) is 5.32 Å². The first kappa shape index (κ1) is 15.5. The summed E-state index contributed by atoms with van der Waals surface area (Å²) < 4.78 is 9.67. The van der Waals surface area contributed by atoms with Crippen LogP contribution in [0.2, 0.25) is 0 Å². The summed E-state index contributed by atoms with van der Waals surface area (Å²) in [5, 5.41) is 12.5. The van der Waals surface area contributed by atoms with Gasteiger partial charge in [0.05, 0.1) is 30.6 Å². The molecule has 2 aromatic rings. The van der Waals surface area contributed by atoms with Crippen LogP contribution < -0.4 is 5.32 Å². The lowest BCUT2D eigenvalue weighted by Crippen LogP contribution is -2.23. The maximum absolute atomic E-state index is 12.5. The number of amides is 1. The molecule has 1 unspecified atom stereocenters. The highest BCUT2D eigenvalue weighted by atomic mass is 16.5. The molecule has 7 nitrogen and oxygen atoms in total. The van der Waals surface area contributed by atoms with Gasteiger partial charge < -0.3 is 19.6 Å². The van der Waals surface area contributed by atoms with Crippen molar-refractivity contribution in [3.63, 3.8) is 0 Å². The van der Waals surface area contributed by atoms with Gasteiger partial charge in [0.15, 0.2) is 11.5 Å². The zero-order valence-electron chi connectivity index (χ0n) is 12.6. The van der Waals surface area contributed by atoms with Gasteiger partial charge in [-0.25, -0.2) is 4.79 Å². The standard InChI is InChI=1S/C17H13NO6/c1-23-17(22)10-6-4-9(5-7-10)13-12(15(20)16(21)18-13)14(19)11-3-2-8-24-11/h2-8,13,20H,1H3,(H,18,21). The molecule has 0 spiro atoms. The maximum atomic E-state index is 12.5. The number of esters is 1. The number of nitrogens with one attached hydrogen (secondary N) is 1. The fourth-order valence-electron chi connectivity index (χ4n) is 2.49. The van der Waals surface area contributed by atoms with Gasteiger partial charge in [0.1, 0.15) is 0 Å². The van der Waals surface area contributed by atoms with Gasteiger partial charge in [-0.3, -0.25) is 9.59 Å². The lowest BCUT2D eigenvalue weighted by Gasteiger charge is -2.14. The molecule has 0 fully saturated rings. The minimum absolute atomic E-state index is 0.0178. The second kappa shape index (κ2) is 6.04. The van der Waals surface area contributed by atoms with Gasteiger partial charge in [-0.05, 0) is 29.8 Å². The number of furan rings is 1. The highest BCUT2D eigenvalue weighted by Crippen LogP contribution is 2.32. The van der Waals surface area contributed by atoms with E-state index in [1.807, 2.05) is 0 Å². The molecular weight excluding hydrogens is 314 g/mol. The summed E-state index contributed by atoms with van der Waals surface area (Å²) in [5.74, 6) is -2.45. The van der Waals surface area contributed by atoms with Crippen LogP contribution in [0.25, 0.3) is 0 Å². The Bertz CT molecular complexity index is 832. The number of ether oxygens (including phenoxy) is 1. The lowest BCUT2D eigenvalue weighted by atomic mass is 9.95. The predicted molar refractivity (Wildman–Crippen MR) is 81.4 cm³/mol. The van der Waals surface area contributed by atoms with E-state index in [-0.39, 0.29) is 11.3 Å². The number of aliphatic hydroxyl groups excluding tert-OH is 1. The second-order valence-electron chi connectivity index (χ2n) is 5.09. The number of methoxy groups -OCH3 is 1. The van der Waals surface area contributed by atoms with Crippen molar-refractivity contribution in [3.05, 3.63) is 70.9 Å². The molecule has 1 aromatic heterocycles.